The van der Waals surface area contributed by atoms with Gasteiger partial charge in [-0.05, 0) is 158 Å². The third-order valence-electron chi connectivity index (χ3n) is 14.5. The van der Waals surface area contributed by atoms with Gasteiger partial charge in [-0.2, -0.15) is 57.0 Å². The number of aromatic nitrogens is 6. The van der Waals surface area contributed by atoms with E-state index in [4.69, 9.17) is 0 Å². The topological polar surface area (TPSA) is 538 Å². The molecule has 0 saturated heterocycles. The second-order valence-corrected chi connectivity index (χ2v) is 24.7. The second kappa shape index (κ2) is 30.8. The third-order valence-corrected chi connectivity index (χ3v) is 16.2. The van der Waals surface area contributed by atoms with E-state index in [1.165, 1.54) is 26.0 Å². The molecule has 0 aliphatic heterocycles. The van der Waals surface area contributed by atoms with E-state index in [1.54, 1.807) is 24.3 Å². The SMILES string of the molecule is Cc1cc2cc(S(=O)(=O)O)cc(Nc3nc(NCCCCCCO)nc(Nc4ccc(Nc5nc(NCCCCCCO)nc(Nc6cc(S(=O)(=O)O)cc7cc(C)c(N=Nc8cc(C(=O)O)cc(C(=O)O)c8)c(O)c67)n5)cc4)n3)c2c(O)c1N=Nc1cc(C(=O)O)cc(C(=O)O)c1. The number of anilines is 10. The van der Waals surface area contributed by atoms with Crippen LogP contribution < -0.4 is 31.9 Å². The first-order valence-corrected chi connectivity index (χ1v) is 32.5. The molecule has 510 valence electrons. The van der Waals surface area contributed by atoms with E-state index >= 15 is 0 Å². The number of aromatic hydroxyl groups is 2. The molecule has 7 aromatic carbocycles. The Morgan fingerprint density at radius 3 is 1.04 bits per heavy atom. The van der Waals surface area contributed by atoms with Crippen molar-refractivity contribution in [2.45, 2.75) is 75.0 Å². The summed E-state index contributed by atoms with van der Waals surface area (Å²) in [7, 11) is -9.83. The zero-order chi connectivity index (χ0) is 70.6. The standard InChI is InChI=1S/C62H62N16O18S2/c1-31-19-33-27-43(97(91,92)93)29-45(47(33)51(81)49(31)77-75-41-23-35(53(83)84)21-36(24-41)54(85)86)67-61-71-57(63-15-7-3-5-9-17-79)69-59(73-61)65-39-11-13-40(14-12-39)66-60-70-58(64-16-8-4-6-10-18-80)72-62(74-60)68-46-30-44(98(94,95)96)28-34-20-32(2)50(52(82)48(34)46)78-76-42-25-37(55(87)88)22-38(26-42)56(89)90/h11-14,19-30,79-82H,3-10,15-18H2,1-2H3,(H,83,84)(H,85,86)(H,87,88)(H,89,90)(H,91,92,93)(H,94,95,96)(H3,63,65,67,69,71,73)(H3,64,66,68,70,72,74). The Morgan fingerprint density at radius 2 is 0.724 bits per heavy atom. The van der Waals surface area contributed by atoms with Crippen LogP contribution in [0.1, 0.15) is 104 Å². The number of carboxylic acids is 4. The summed E-state index contributed by atoms with van der Waals surface area (Å²) in [6.07, 6.45) is 5.39. The van der Waals surface area contributed by atoms with E-state index in [2.05, 4.69) is 82.3 Å². The summed E-state index contributed by atoms with van der Waals surface area (Å²) in [6.45, 7) is 3.74. The molecule has 0 amide bonds. The Balaban J connectivity index is 1.04. The number of aliphatic hydroxyl groups is 2. The van der Waals surface area contributed by atoms with Crippen LogP contribution in [-0.2, 0) is 20.2 Å². The number of hydrogen-bond donors (Lipinski definition) is 16. The van der Waals surface area contributed by atoms with Gasteiger partial charge in [-0.3, -0.25) is 9.11 Å². The molecule has 2 heterocycles. The molecule has 16 N–H and O–H groups in total. The summed E-state index contributed by atoms with van der Waals surface area (Å²) in [5.41, 5.74) is -1.53. The smallest absolute Gasteiger partial charge is 0.335 e. The largest absolute Gasteiger partial charge is 0.505 e. The van der Waals surface area contributed by atoms with Gasteiger partial charge < -0.3 is 72.8 Å². The lowest BCUT2D eigenvalue weighted by molar-refractivity contribution is 0.0676. The Morgan fingerprint density at radius 1 is 0.408 bits per heavy atom. The highest BCUT2D eigenvalue weighted by Gasteiger charge is 2.24. The zero-order valence-electron chi connectivity index (χ0n) is 51.7. The molecule has 0 unspecified atom stereocenters. The maximum absolute atomic E-state index is 12.7. The minimum Gasteiger partial charge on any atom is -0.505 e. The predicted octanol–water partition coefficient (Wildman–Crippen LogP) is 11.4. The van der Waals surface area contributed by atoms with Crippen LogP contribution in [0.2, 0.25) is 0 Å². The van der Waals surface area contributed by atoms with Gasteiger partial charge in [0, 0.05) is 48.5 Å². The van der Waals surface area contributed by atoms with Crippen molar-refractivity contribution >= 4 is 147 Å². The molecular formula is C62H62N16O18S2. The molecule has 0 radical (unpaired) electrons. The molecule has 2 aromatic heterocycles. The number of rotatable bonds is 32. The lowest BCUT2D eigenvalue weighted by Gasteiger charge is -2.16. The molecule has 0 spiro atoms. The van der Waals surface area contributed by atoms with Gasteiger partial charge in [-0.15, -0.1) is 10.2 Å². The summed E-state index contributed by atoms with van der Waals surface area (Å²) in [6, 6.07) is 19.6. The third kappa shape index (κ3) is 18.0. The van der Waals surface area contributed by atoms with Crippen LogP contribution in [0.4, 0.5) is 81.2 Å². The number of benzene rings is 7. The fraction of sp³-hybridized carbons (Fsp3) is 0.226. The monoisotopic (exact) mass is 1380 g/mol. The van der Waals surface area contributed by atoms with Gasteiger partial charge in [0.05, 0.1) is 54.8 Å². The molecule has 9 aromatic rings. The highest BCUT2D eigenvalue weighted by Crippen LogP contribution is 2.46. The molecule has 0 fully saturated rings. The van der Waals surface area contributed by atoms with Crippen LogP contribution in [0.3, 0.4) is 0 Å². The van der Waals surface area contributed by atoms with Crippen molar-refractivity contribution in [1.29, 1.82) is 0 Å². The number of fused-ring (bicyclic) bond motifs is 2. The number of phenols is 2. The number of carboxylic acid groups (broad SMARTS) is 4. The first-order valence-electron chi connectivity index (χ1n) is 29.7. The molecule has 0 aliphatic carbocycles. The molecule has 0 bridgehead atoms. The van der Waals surface area contributed by atoms with E-state index in [-0.39, 0.29) is 116 Å². The first-order chi connectivity index (χ1) is 46.6. The van der Waals surface area contributed by atoms with E-state index in [0.717, 1.165) is 86.3 Å². The van der Waals surface area contributed by atoms with Crippen molar-refractivity contribution in [3.63, 3.8) is 0 Å². The van der Waals surface area contributed by atoms with Crippen molar-refractivity contribution in [1.82, 2.24) is 29.9 Å². The van der Waals surface area contributed by atoms with Crippen molar-refractivity contribution in [2.75, 3.05) is 58.2 Å². The number of aryl methyl sites for hydroxylation is 2. The van der Waals surface area contributed by atoms with Crippen LogP contribution in [0.5, 0.6) is 11.5 Å². The van der Waals surface area contributed by atoms with Crippen LogP contribution >= 0.6 is 0 Å². The van der Waals surface area contributed by atoms with Crippen LogP contribution in [0.15, 0.2) is 127 Å². The molecule has 0 aliphatic rings. The molecule has 34 nitrogen and oxygen atoms in total. The average Bonchev–Trinajstić information content (AvgIpc) is 0.764. The molecular weight excluding hydrogens is 1320 g/mol. The molecule has 0 atom stereocenters. The van der Waals surface area contributed by atoms with Gasteiger partial charge in [0.2, 0.25) is 35.7 Å². The number of phenolic OH excluding ortho intramolecular Hbond substituents is 2. The van der Waals surface area contributed by atoms with Gasteiger partial charge in [-0.1, -0.05) is 25.7 Å². The Kier molecular flexibility index (Phi) is 22.2. The molecule has 9 rings (SSSR count). The zero-order valence-corrected chi connectivity index (χ0v) is 53.4. The lowest BCUT2D eigenvalue weighted by atomic mass is 10.0. The van der Waals surface area contributed by atoms with E-state index in [0.29, 0.717) is 50.1 Å². The highest BCUT2D eigenvalue weighted by molar-refractivity contribution is 7.86. The van der Waals surface area contributed by atoms with Gasteiger partial charge >= 0.3 is 23.9 Å². The van der Waals surface area contributed by atoms with Crippen LogP contribution in [-0.4, -0.2) is 147 Å². The molecule has 0 saturated carbocycles. The minimum absolute atomic E-state index is 0.0145. The molecule has 98 heavy (non-hydrogen) atoms. The average molecular weight is 1380 g/mol. The number of carbonyl (C=O) groups is 4. The number of hydrogen-bond acceptors (Lipinski definition) is 28. The Labute approximate surface area is 555 Å². The van der Waals surface area contributed by atoms with Gasteiger partial charge in [0.15, 0.2) is 11.5 Å². The minimum atomic E-state index is -4.92. The first kappa shape index (κ1) is 70.6. The van der Waals surface area contributed by atoms with Gasteiger partial charge in [0.25, 0.3) is 20.2 Å². The normalized spacial score (nSPS) is 11.7. The number of aliphatic hydroxyl groups excluding tert-OH is 2. The Bertz CT molecular complexity index is 4520. The fourth-order valence-electron chi connectivity index (χ4n) is 9.89. The van der Waals surface area contributed by atoms with E-state index < -0.39 is 87.7 Å². The number of aromatic carboxylic acids is 4. The van der Waals surface area contributed by atoms with Crippen molar-refractivity contribution in [3.05, 3.63) is 130 Å². The van der Waals surface area contributed by atoms with Crippen molar-refractivity contribution in [2.24, 2.45) is 20.5 Å². The molecule has 36 heteroatoms. The van der Waals surface area contributed by atoms with Gasteiger partial charge in [0.1, 0.15) is 11.4 Å². The van der Waals surface area contributed by atoms with Crippen LogP contribution in [0.25, 0.3) is 21.5 Å². The maximum atomic E-state index is 12.7. The number of unbranched alkanes of at least 4 members (excludes halogenated alkanes) is 6. The van der Waals surface area contributed by atoms with Gasteiger partial charge in [-0.25, -0.2) is 19.2 Å². The summed E-state index contributed by atoms with van der Waals surface area (Å²) in [5.74, 6) is -7.52. The van der Waals surface area contributed by atoms with E-state index in [1.807, 2.05) is 0 Å². The number of azo groups is 2. The summed E-state index contributed by atoms with van der Waals surface area (Å²) < 4.78 is 71.5. The number of nitrogens with one attached hydrogen (secondary N) is 6. The number of nitrogens with zero attached hydrogens (tertiary/aromatic N) is 10. The predicted molar refractivity (Wildman–Crippen MR) is 357 cm³/mol. The Hall–Kier alpha value is -11.7. The fourth-order valence-corrected chi connectivity index (χ4v) is 11.0. The summed E-state index contributed by atoms with van der Waals surface area (Å²) in [4.78, 5) is 73.3. The second-order valence-electron chi connectivity index (χ2n) is 21.8. The maximum Gasteiger partial charge on any atom is 0.335 e. The van der Waals surface area contributed by atoms with Crippen molar-refractivity contribution < 1.29 is 86.0 Å². The van der Waals surface area contributed by atoms with E-state index in [9.17, 15) is 86.0 Å². The quantitative estimate of drug-likeness (QED) is 0.0106. The summed E-state index contributed by atoms with van der Waals surface area (Å²) >= 11 is 0. The van der Waals surface area contributed by atoms with Crippen LogP contribution in [0, 0.1) is 13.8 Å². The van der Waals surface area contributed by atoms with Crippen molar-refractivity contribution in [3.8, 4) is 11.5 Å². The highest BCUT2D eigenvalue weighted by atomic mass is 32.2. The lowest BCUT2D eigenvalue weighted by Crippen LogP contribution is -2.11. The summed E-state index contributed by atoms with van der Waals surface area (Å²) in [5, 5.41) is 116.